The second-order valence-electron chi connectivity index (χ2n) is 4.61. The minimum atomic E-state index is -3.74. The number of hydrogen-bond donors (Lipinski definition) is 2. The smallest absolute Gasteiger partial charge is 0.238 e. The molecule has 0 aliphatic rings. The first-order valence-electron chi connectivity index (χ1n) is 6.12. The van der Waals surface area contributed by atoms with E-state index in [0.717, 1.165) is 5.56 Å². The highest BCUT2D eigenvalue weighted by atomic mass is 79.9. The zero-order valence-electron chi connectivity index (χ0n) is 11.2. The number of halogens is 2. The van der Waals surface area contributed by atoms with Gasteiger partial charge in [-0.1, -0.05) is 12.1 Å². The SMILES string of the molecule is CC(Nc1ccc(Br)c(F)c1)c1cccc(S(N)(=O)=O)c1. The average Bonchev–Trinajstić information content (AvgIpc) is 2.42. The molecule has 3 N–H and O–H groups in total. The molecule has 2 aromatic rings. The Bertz CT molecular complexity index is 765. The van der Waals surface area contributed by atoms with Gasteiger partial charge in [0.25, 0.3) is 0 Å². The van der Waals surface area contributed by atoms with Crippen molar-refractivity contribution in [2.45, 2.75) is 17.9 Å². The Kier molecular flexibility index (Phi) is 4.65. The molecule has 21 heavy (non-hydrogen) atoms. The highest BCUT2D eigenvalue weighted by molar-refractivity contribution is 9.10. The van der Waals surface area contributed by atoms with Gasteiger partial charge in [-0.15, -0.1) is 0 Å². The van der Waals surface area contributed by atoms with Crippen LogP contribution in [0.15, 0.2) is 51.8 Å². The third kappa shape index (κ3) is 4.03. The van der Waals surface area contributed by atoms with E-state index in [1.165, 1.54) is 18.2 Å². The van der Waals surface area contributed by atoms with Crippen LogP contribution >= 0.6 is 15.9 Å². The van der Waals surface area contributed by atoms with Crippen molar-refractivity contribution >= 4 is 31.6 Å². The monoisotopic (exact) mass is 372 g/mol. The van der Waals surface area contributed by atoms with Crippen LogP contribution in [0.5, 0.6) is 0 Å². The lowest BCUT2D eigenvalue weighted by atomic mass is 10.1. The molecule has 4 nitrogen and oxygen atoms in total. The fourth-order valence-electron chi connectivity index (χ4n) is 1.88. The van der Waals surface area contributed by atoms with Gasteiger partial charge in [-0.3, -0.25) is 0 Å². The number of rotatable bonds is 4. The van der Waals surface area contributed by atoms with Gasteiger partial charge in [-0.05, 0) is 58.7 Å². The molecule has 2 rings (SSSR count). The van der Waals surface area contributed by atoms with Crippen LogP contribution in [0.3, 0.4) is 0 Å². The minimum Gasteiger partial charge on any atom is -0.378 e. The van der Waals surface area contributed by atoms with Crippen molar-refractivity contribution in [1.29, 1.82) is 0 Å². The highest BCUT2D eigenvalue weighted by Crippen LogP contribution is 2.24. The lowest BCUT2D eigenvalue weighted by molar-refractivity contribution is 0.597. The third-order valence-corrected chi connectivity index (χ3v) is 4.54. The molecule has 1 unspecified atom stereocenters. The van der Waals surface area contributed by atoms with Gasteiger partial charge in [0.05, 0.1) is 9.37 Å². The first-order valence-corrected chi connectivity index (χ1v) is 8.45. The number of benzene rings is 2. The highest BCUT2D eigenvalue weighted by Gasteiger charge is 2.12. The van der Waals surface area contributed by atoms with Gasteiger partial charge in [-0.2, -0.15) is 0 Å². The summed E-state index contributed by atoms with van der Waals surface area (Å²) in [6, 6.07) is 10.8. The molecule has 0 aromatic heterocycles. The minimum absolute atomic E-state index is 0.0515. The third-order valence-electron chi connectivity index (χ3n) is 2.99. The first kappa shape index (κ1) is 15.9. The van der Waals surface area contributed by atoms with Crippen molar-refractivity contribution in [2.24, 2.45) is 5.14 Å². The molecule has 0 aliphatic carbocycles. The molecule has 0 heterocycles. The summed E-state index contributed by atoms with van der Waals surface area (Å²) in [6.07, 6.45) is 0. The summed E-state index contributed by atoms with van der Waals surface area (Å²) >= 11 is 3.09. The zero-order valence-corrected chi connectivity index (χ0v) is 13.6. The number of primary sulfonamides is 1. The number of nitrogens with two attached hydrogens (primary N) is 1. The van der Waals surface area contributed by atoms with Gasteiger partial charge in [0.2, 0.25) is 10.0 Å². The zero-order chi connectivity index (χ0) is 15.6. The lowest BCUT2D eigenvalue weighted by Crippen LogP contribution is -2.13. The maximum absolute atomic E-state index is 13.5. The Morgan fingerprint density at radius 2 is 1.95 bits per heavy atom. The summed E-state index contributed by atoms with van der Waals surface area (Å²) in [5.41, 5.74) is 1.34. The molecule has 0 aliphatic heterocycles. The summed E-state index contributed by atoms with van der Waals surface area (Å²) in [4.78, 5) is 0.0515. The molecular formula is C14H14BrFN2O2S. The Hall–Kier alpha value is -1.44. The molecule has 7 heteroatoms. The molecule has 0 bridgehead atoms. The second kappa shape index (κ2) is 6.13. The fraction of sp³-hybridized carbons (Fsp3) is 0.143. The lowest BCUT2D eigenvalue weighted by Gasteiger charge is -2.16. The van der Waals surface area contributed by atoms with Crippen LogP contribution in [-0.2, 0) is 10.0 Å². The Morgan fingerprint density at radius 3 is 2.57 bits per heavy atom. The van der Waals surface area contributed by atoms with E-state index < -0.39 is 10.0 Å². The largest absolute Gasteiger partial charge is 0.378 e. The average molecular weight is 373 g/mol. The van der Waals surface area contributed by atoms with Gasteiger partial charge in [-0.25, -0.2) is 17.9 Å². The molecular weight excluding hydrogens is 359 g/mol. The number of anilines is 1. The summed E-state index contributed by atoms with van der Waals surface area (Å²) in [5, 5.41) is 8.22. The van der Waals surface area contributed by atoms with Crippen molar-refractivity contribution in [1.82, 2.24) is 0 Å². The number of sulfonamides is 1. The van der Waals surface area contributed by atoms with Crippen LogP contribution in [0, 0.1) is 5.82 Å². The summed E-state index contributed by atoms with van der Waals surface area (Å²) in [6.45, 7) is 1.85. The van der Waals surface area contributed by atoms with E-state index in [1.54, 1.807) is 24.3 Å². The van der Waals surface area contributed by atoms with E-state index in [9.17, 15) is 12.8 Å². The Balaban J connectivity index is 2.24. The molecule has 0 radical (unpaired) electrons. The molecule has 0 amide bonds. The maximum Gasteiger partial charge on any atom is 0.238 e. The molecule has 2 aromatic carbocycles. The molecule has 0 spiro atoms. The van der Waals surface area contributed by atoms with Crippen LogP contribution in [0.4, 0.5) is 10.1 Å². The van der Waals surface area contributed by atoms with Crippen LogP contribution in [-0.4, -0.2) is 8.42 Å². The van der Waals surface area contributed by atoms with E-state index in [4.69, 9.17) is 5.14 Å². The second-order valence-corrected chi connectivity index (χ2v) is 7.03. The van der Waals surface area contributed by atoms with Crippen molar-refractivity contribution in [3.05, 3.63) is 58.3 Å². The van der Waals surface area contributed by atoms with Crippen LogP contribution in [0.2, 0.25) is 0 Å². The predicted octanol–water partition coefficient (Wildman–Crippen LogP) is 3.41. The van der Waals surface area contributed by atoms with Crippen LogP contribution < -0.4 is 10.5 Å². The van der Waals surface area contributed by atoms with E-state index in [0.29, 0.717) is 10.2 Å². The molecule has 0 saturated heterocycles. The number of nitrogens with one attached hydrogen (secondary N) is 1. The van der Waals surface area contributed by atoms with Crippen molar-refractivity contribution in [3.8, 4) is 0 Å². The van der Waals surface area contributed by atoms with Gasteiger partial charge < -0.3 is 5.32 Å². The van der Waals surface area contributed by atoms with Crippen LogP contribution in [0.25, 0.3) is 0 Å². The van der Waals surface area contributed by atoms with E-state index in [-0.39, 0.29) is 16.8 Å². The Labute approximate surface area is 131 Å². The van der Waals surface area contributed by atoms with E-state index in [2.05, 4.69) is 21.2 Å². The standard InChI is InChI=1S/C14H14BrFN2O2S/c1-9(18-11-5-6-13(15)14(16)8-11)10-3-2-4-12(7-10)21(17,19)20/h2-9,18H,1H3,(H2,17,19,20). The summed E-state index contributed by atoms with van der Waals surface area (Å²) in [5.74, 6) is -0.370. The molecule has 112 valence electrons. The van der Waals surface area contributed by atoms with Gasteiger partial charge in [0.1, 0.15) is 5.82 Å². The first-order chi connectivity index (χ1) is 9.77. The predicted molar refractivity (Wildman–Crippen MR) is 84.0 cm³/mol. The van der Waals surface area contributed by atoms with Crippen molar-refractivity contribution < 1.29 is 12.8 Å². The van der Waals surface area contributed by atoms with E-state index >= 15 is 0 Å². The van der Waals surface area contributed by atoms with Gasteiger partial charge >= 0.3 is 0 Å². The van der Waals surface area contributed by atoms with Gasteiger partial charge in [0, 0.05) is 11.7 Å². The molecule has 1 atom stereocenters. The van der Waals surface area contributed by atoms with Gasteiger partial charge in [0.15, 0.2) is 0 Å². The summed E-state index contributed by atoms with van der Waals surface area (Å²) in [7, 11) is -3.74. The van der Waals surface area contributed by atoms with Crippen molar-refractivity contribution in [3.63, 3.8) is 0 Å². The number of hydrogen-bond acceptors (Lipinski definition) is 3. The van der Waals surface area contributed by atoms with Crippen molar-refractivity contribution in [2.75, 3.05) is 5.32 Å². The quantitative estimate of drug-likeness (QED) is 0.863. The maximum atomic E-state index is 13.5. The fourth-order valence-corrected chi connectivity index (χ4v) is 2.70. The topological polar surface area (TPSA) is 72.2 Å². The molecule has 0 saturated carbocycles. The van der Waals surface area contributed by atoms with Crippen LogP contribution in [0.1, 0.15) is 18.5 Å². The summed E-state index contributed by atoms with van der Waals surface area (Å²) < 4.78 is 36.6. The Morgan fingerprint density at radius 1 is 1.24 bits per heavy atom. The molecule has 0 fully saturated rings. The normalized spacial score (nSPS) is 13.0. The van der Waals surface area contributed by atoms with E-state index in [1.807, 2.05) is 6.92 Å².